The van der Waals surface area contributed by atoms with Gasteiger partial charge in [0.15, 0.2) is 0 Å². The minimum atomic E-state index is -0.334. The van der Waals surface area contributed by atoms with E-state index in [0.717, 1.165) is 11.4 Å². The first kappa shape index (κ1) is 21.1. The van der Waals surface area contributed by atoms with E-state index < -0.39 is 0 Å². The van der Waals surface area contributed by atoms with Crippen LogP contribution in [0.2, 0.25) is 0 Å². The lowest BCUT2D eigenvalue weighted by atomic mass is 10.0. The molecule has 0 saturated carbocycles. The Hall–Kier alpha value is -3.61. The van der Waals surface area contributed by atoms with Gasteiger partial charge in [-0.25, -0.2) is 0 Å². The highest BCUT2D eigenvalue weighted by molar-refractivity contribution is 6.36. The zero-order chi connectivity index (χ0) is 21.8. The fraction of sp³-hybridized carbons (Fsp3) is 0.261. The van der Waals surface area contributed by atoms with E-state index >= 15 is 0 Å². The molecule has 2 aromatic rings. The van der Waals surface area contributed by atoms with Gasteiger partial charge < -0.3 is 15.5 Å². The third kappa shape index (κ3) is 4.35. The van der Waals surface area contributed by atoms with Crippen LogP contribution >= 0.6 is 0 Å². The molecular weight excluding hydrogens is 380 g/mol. The normalized spacial score (nSPS) is 13.7. The Morgan fingerprint density at radius 3 is 2.07 bits per heavy atom. The molecule has 3 rings (SSSR count). The third-order valence-corrected chi connectivity index (χ3v) is 4.76. The number of imide groups is 1. The molecular formula is C23H26N4O3. The SMILES string of the molecule is CCCN1C(=O)C(Nc2ccc(N(C)C)cc2)=C(c2ccc(NC(C)=O)cc2)C1=O. The van der Waals surface area contributed by atoms with Crippen molar-refractivity contribution in [2.75, 3.05) is 36.2 Å². The summed E-state index contributed by atoms with van der Waals surface area (Å²) in [6.07, 6.45) is 0.678. The van der Waals surface area contributed by atoms with Crippen LogP contribution in [0.15, 0.2) is 54.2 Å². The molecule has 0 saturated heterocycles. The second kappa shape index (κ2) is 8.82. The van der Waals surface area contributed by atoms with Gasteiger partial charge in [-0.1, -0.05) is 19.1 Å². The number of carbonyl (C=O) groups is 3. The fourth-order valence-electron chi connectivity index (χ4n) is 3.30. The number of nitrogens with zero attached hydrogens (tertiary/aromatic N) is 2. The van der Waals surface area contributed by atoms with E-state index in [9.17, 15) is 14.4 Å². The van der Waals surface area contributed by atoms with Gasteiger partial charge in [0.25, 0.3) is 11.8 Å². The van der Waals surface area contributed by atoms with Crippen LogP contribution in [0.4, 0.5) is 17.1 Å². The highest BCUT2D eigenvalue weighted by atomic mass is 16.2. The van der Waals surface area contributed by atoms with Gasteiger partial charge in [0.05, 0.1) is 5.57 Å². The molecule has 0 radical (unpaired) electrons. The van der Waals surface area contributed by atoms with Crippen molar-refractivity contribution < 1.29 is 14.4 Å². The molecule has 30 heavy (non-hydrogen) atoms. The second-order valence-electron chi connectivity index (χ2n) is 7.34. The Morgan fingerprint density at radius 1 is 0.933 bits per heavy atom. The number of nitrogens with one attached hydrogen (secondary N) is 2. The highest BCUT2D eigenvalue weighted by Crippen LogP contribution is 2.31. The predicted molar refractivity (Wildman–Crippen MR) is 119 cm³/mol. The first-order chi connectivity index (χ1) is 14.3. The molecule has 1 aliphatic heterocycles. The average molecular weight is 406 g/mol. The van der Waals surface area contributed by atoms with E-state index in [0.29, 0.717) is 29.8 Å². The van der Waals surface area contributed by atoms with Crippen molar-refractivity contribution in [3.63, 3.8) is 0 Å². The van der Waals surface area contributed by atoms with Crippen LogP contribution in [0.5, 0.6) is 0 Å². The van der Waals surface area contributed by atoms with Crippen LogP contribution in [-0.2, 0) is 14.4 Å². The lowest BCUT2D eigenvalue weighted by molar-refractivity contribution is -0.136. The molecule has 3 amide bonds. The molecule has 7 nitrogen and oxygen atoms in total. The highest BCUT2D eigenvalue weighted by Gasteiger charge is 2.38. The molecule has 156 valence electrons. The van der Waals surface area contributed by atoms with Crippen LogP contribution < -0.4 is 15.5 Å². The van der Waals surface area contributed by atoms with Crippen molar-refractivity contribution >= 4 is 40.4 Å². The van der Waals surface area contributed by atoms with Crippen LogP contribution in [-0.4, -0.2) is 43.3 Å². The molecule has 0 unspecified atom stereocenters. The molecule has 0 fully saturated rings. The van der Waals surface area contributed by atoms with Crippen LogP contribution in [0.1, 0.15) is 25.8 Å². The summed E-state index contributed by atoms with van der Waals surface area (Å²) in [5.74, 6) is -0.826. The Morgan fingerprint density at radius 2 is 1.53 bits per heavy atom. The molecule has 0 atom stereocenters. The maximum absolute atomic E-state index is 13.0. The van der Waals surface area contributed by atoms with E-state index in [2.05, 4.69) is 10.6 Å². The van der Waals surface area contributed by atoms with Crippen molar-refractivity contribution in [3.05, 3.63) is 59.8 Å². The molecule has 1 heterocycles. The minimum absolute atomic E-state index is 0.174. The van der Waals surface area contributed by atoms with Crippen LogP contribution in [0, 0.1) is 0 Å². The lowest BCUT2D eigenvalue weighted by Crippen LogP contribution is -2.33. The van der Waals surface area contributed by atoms with E-state index in [1.165, 1.54) is 11.8 Å². The van der Waals surface area contributed by atoms with Crippen molar-refractivity contribution in [2.45, 2.75) is 20.3 Å². The van der Waals surface area contributed by atoms with E-state index in [1.54, 1.807) is 24.3 Å². The first-order valence-electron chi connectivity index (χ1n) is 9.84. The van der Waals surface area contributed by atoms with Crippen molar-refractivity contribution in [2.24, 2.45) is 0 Å². The molecule has 0 bridgehead atoms. The number of amides is 3. The molecule has 0 aromatic heterocycles. The predicted octanol–water partition coefficient (Wildman–Crippen LogP) is 3.31. The molecule has 2 aromatic carbocycles. The maximum Gasteiger partial charge on any atom is 0.278 e. The van der Waals surface area contributed by atoms with Crippen LogP contribution in [0.25, 0.3) is 5.57 Å². The van der Waals surface area contributed by atoms with Gasteiger partial charge >= 0.3 is 0 Å². The van der Waals surface area contributed by atoms with Crippen molar-refractivity contribution in [3.8, 4) is 0 Å². The summed E-state index contributed by atoms with van der Waals surface area (Å²) in [6, 6.07) is 14.5. The summed E-state index contributed by atoms with van der Waals surface area (Å²) in [5, 5.41) is 5.85. The maximum atomic E-state index is 13.0. The minimum Gasteiger partial charge on any atom is -0.378 e. The summed E-state index contributed by atoms with van der Waals surface area (Å²) in [6.45, 7) is 3.71. The van der Waals surface area contributed by atoms with Gasteiger partial charge in [-0.2, -0.15) is 0 Å². The molecule has 7 heteroatoms. The van der Waals surface area contributed by atoms with Gasteiger partial charge in [0.1, 0.15) is 5.70 Å². The summed E-state index contributed by atoms with van der Waals surface area (Å²) < 4.78 is 0. The Bertz CT molecular complexity index is 992. The lowest BCUT2D eigenvalue weighted by Gasteiger charge is -2.15. The van der Waals surface area contributed by atoms with Crippen LogP contribution in [0.3, 0.4) is 0 Å². The monoisotopic (exact) mass is 406 g/mol. The van der Waals surface area contributed by atoms with Crippen molar-refractivity contribution in [1.29, 1.82) is 0 Å². The van der Waals surface area contributed by atoms with Gasteiger partial charge in [-0.15, -0.1) is 0 Å². The number of carbonyl (C=O) groups excluding carboxylic acids is 3. The number of hydrogen-bond donors (Lipinski definition) is 2. The Labute approximate surface area is 176 Å². The summed E-state index contributed by atoms with van der Waals surface area (Å²) in [5.41, 5.74) is 3.60. The van der Waals surface area contributed by atoms with E-state index in [1.807, 2.05) is 50.2 Å². The number of anilines is 3. The van der Waals surface area contributed by atoms with Gasteiger partial charge in [-0.05, 0) is 48.4 Å². The van der Waals surface area contributed by atoms with E-state index in [4.69, 9.17) is 0 Å². The van der Waals surface area contributed by atoms with Gasteiger partial charge in [0, 0.05) is 44.6 Å². The van der Waals surface area contributed by atoms with Gasteiger partial charge in [-0.3, -0.25) is 19.3 Å². The standard InChI is InChI=1S/C23H26N4O3/c1-5-14-27-22(29)20(16-6-8-17(9-7-16)24-15(2)28)21(23(27)30)25-18-10-12-19(13-11-18)26(3)4/h6-13,25H,5,14H2,1-4H3,(H,24,28). The van der Waals surface area contributed by atoms with Crippen molar-refractivity contribution in [1.82, 2.24) is 4.90 Å². The smallest absolute Gasteiger partial charge is 0.278 e. The van der Waals surface area contributed by atoms with E-state index in [-0.39, 0.29) is 23.4 Å². The quantitative estimate of drug-likeness (QED) is 0.690. The Kier molecular flexibility index (Phi) is 6.20. The molecule has 2 N–H and O–H groups in total. The Balaban J connectivity index is 1.98. The molecule has 1 aliphatic rings. The second-order valence-corrected chi connectivity index (χ2v) is 7.34. The van der Waals surface area contributed by atoms with Gasteiger partial charge in [0.2, 0.25) is 5.91 Å². The number of benzene rings is 2. The fourth-order valence-corrected chi connectivity index (χ4v) is 3.30. The zero-order valence-corrected chi connectivity index (χ0v) is 17.7. The summed E-state index contributed by atoms with van der Waals surface area (Å²) >= 11 is 0. The zero-order valence-electron chi connectivity index (χ0n) is 17.7. The molecule has 0 spiro atoms. The molecule has 0 aliphatic carbocycles. The summed E-state index contributed by atoms with van der Waals surface area (Å²) in [7, 11) is 3.91. The largest absolute Gasteiger partial charge is 0.378 e. The number of hydrogen-bond acceptors (Lipinski definition) is 5. The number of rotatable bonds is 7. The first-order valence-corrected chi connectivity index (χ1v) is 9.84. The average Bonchev–Trinajstić information content (AvgIpc) is 2.93. The topological polar surface area (TPSA) is 81.8 Å². The summed E-state index contributed by atoms with van der Waals surface area (Å²) in [4.78, 5) is 40.5. The third-order valence-electron chi connectivity index (χ3n) is 4.76.